The normalized spacial score (nSPS) is 31.7. The predicted molar refractivity (Wildman–Crippen MR) is 62.6 cm³/mol. The molecule has 1 N–H and O–H groups in total. The van der Waals surface area contributed by atoms with Crippen LogP contribution in [0.5, 0.6) is 0 Å². The van der Waals surface area contributed by atoms with Crippen LogP contribution in [0, 0.1) is 0 Å². The molecule has 0 amide bonds. The summed E-state index contributed by atoms with van der Waals surface area (Å²) in [5.41, 5.74) is 0. The molecule has 2 heteroatoms. The average Bonchev–Trinajstić information content (AvgIpc) is 2.12. The Morgan fingerprint density at radius 2 is 1.79 bits per heavy atom. The molecular formula is C12H26N2. The van der Waals surface area contributed by atoms with Crippen molar-refractivity contribution in [2.24, 2.45) is 0 Å². The number of rotatable bonds is 4. The van der Waals surface area contributed by atoms with Gasteiger partial charge in [-0.05, 0) is 26.7 Å². The van der Waals surface area contributed by atoms with Crippen LogP contribution in [0.4, 0.5) is 0 Å². The van der Waals surface area contributed by atoms with Gasteiger partial charge in [-0.15, -0.1) is 0 Å². The van der Waals surface area contributed by atoms with Gasteiger partial charge in [0.25, 0.3) is 0 Å². The van der Waals surface area contributed by atoms with Gasteiger partial charge in [0.15, 0.2) is 0 Å². The minimum Gasteiger partial charge on any atom is -0.309 e. The van der Waals surface area contributed by atoms with E-state index in [0.29, 0.717) is 12.1 Å². The number of nitrogens with one attached hydrogen (secondary N) is 1. The van der Waals surface area contributed by atoms with E-state index in [1.165, 1.54) is 32.4 Å². The summed E-state index contributed by atoms with van der Waals surface area (Å²) < 4.78 is 0. The number of hydrogen-bond acceptors (Lipinski definition) is 2. The second-order valence-electron chi connectivity index (χ2n) is 4.77. The SMILES string of the molecule is CCCC(CC)N1CC(C)NC(C)C1. The van der Waals surface area contributed by atoms with Crippen LogP contribution in [0.1, 0.15) is 47.0 Å². The molecule has 3 unspecified atom stereocenters. The van der Waals surface area contributed by atoms with E-state index in [4.69, 9.17) is 0 Å². The van der Waals surface area contributed by atoms with Gasteiger partial charge in [0.1, 0.15) is 0 Å². The van der Waals surface area contributed by atoms with Gasteiger partial charge in [-0.1, -0.05) is 20.3 Å². The second-order valence-corrected chi connectivity index (χ2v) is 4.77. The molecule has 0 aromatic carbocycles. The summed E-state index contributed by atoms with van der Waals surface area (Å²) >= 11 is 0. The van der Waals surface area contributed by atoms with Crippen molar-refractivity contribution < 1.29 is 0 Å². The maximum atomic E-state index is 3.59. The van der Waals surface area contributed by atoms with Crippen LogP contribution in [-0.2, 0) is 0 Å². The van der Waals surface area contributed by atoms with E-state index in [1.807, 2.05) is 0 Å². The monoisotopic (exact) mass is 198 g/mol. The van der Waals surface area contributed by atoms with Crippen molar-refractivity contribution in [3.8, 4) is 0 Å². The lowest BCUT2D eigenvalue weighted by Crippen LogP contribution is -2.56. The van der Waals surface area contributed by atoms with Crippen LogP contribution >= 0.6 is 0 Å². The Balaban J connectivity index is 2.47. The zero-order valence-corrected chi connectivity index (χ0v) is 10.2. The molecule has 1 fully saturated rings. The number of nitrogens with zero attached hydrogens (tertiary/aromatic N) is 1. The van der Waals surface area contributed by atoms with E-state index in [9.17, 15) is 0 Å². The number of hydrogen-bond donors (Lipinski definition) is 1. The maximum absolute atomic E-state index is 3.59. The van der Waals surface area contributed by atoms with Crippen molar-refractivity contribution in [2.75, 3.05) is 13.1 Å². The summed E-state index contributed by atoms with van der Waals surface area (Å²) in [6.45, 7) is 11.6. The Morgan fingerprint density at radius 1 is 1.21 bits per heavy atom. The smallest absolute Gasteiger partial charge is 0.0169 e. The van der Waals surface area contributed by atoms with Crippen LogP contribution in [-0.4, -0.2) is 36.1 Å². The molecule has 0 aliphatic carbocycles. The number of piperazine rings is 1. The molecular weight excluding hydrogens is 172 g/mol. The van der Waals surface area contributed by atoms with Gasteiger partial charge in [0.05, 0.1) is 0 Å². The van der Waals surface area contributed by atoms with Gasteiger partial charge in [-0.3, -0.25) is 4.90 Å². The first-order chi connectivity index (χ1) is 6.67. The Hall–Kier alpha value is -0.0800. The quantitative estimate of drug-likeness (QED) is 0.745. The van der Waals surface area contributed by atoms with Crippen molar-refractivity contribution in [2.45, 2.75) is 65.1 Å². The highest BCUT2D eigenvalue weighted by molar-refractivity contribution is 4.84. The van der Waals surface area contributed by atoms with Crippen molar-refractivity contribution in [3.63, 3.8) is 0 Å². The summed E-state index contributed by atoms with van der Waals surface area (Å²) in [5, 5.41) is 3.59. The lowest BCUT2D eigenvalue weighted by Gasteiger charge is -2.40. The van der Waals surface area contributed by atoms with Crippen LogP contribution in [0.2, 0.25) is 0 Å². The highest BCUT2D eigenvalue weighted by Gasteiger charge is 2.25. The standard InChI is InChI=1S/C12H26N2/c1-5-7-12(6-2)14-8-10(3)13-11(4)9-14/h10-13H,5-9H2,1-4H3. The van der Waals surface area contributed by atoms with Crippen LogP contribution < -0.4 is 5.32 Å². The third kappa shape index (κ3) is 3.25. The lowest BCUT2D eigenvalue weighted by molar-refractivity contribution is 0.114. The van der Waals surface area contributed by atoms with Gasteiger partial charge in [-0.2, -0.15) is 0 Å². The predicted octanol–water partition coefficient (Wildman–Crippen LogP) is 2.25. The van der Waals surface area contributed by atoms with Crippen molar-refractivity contribution in [1.29, 1.82) is 0 Å². The van der Waals surface area contributed by atoms with E-state index in [0.717, 1.165) is 6.04 Å². The van der Waals surface area contributed by atoms with Gasteiger partial charge in [-0.25, -0.2) is 0 Å². The Bertz CT molecular complexity index is 148. The molecule has 1 rings (SSSR count). The third-order valence-electron chi connectivity index (χ3n) is 3.20. The Labute approximate surface area is 89.1 Å². The third-order valence-corrected chi connectivity index (χ3v) is 3.20. The summed E-state index contributed by atoms with van der Waals surface area (Å²) in [6.07, 6.45) is 3.97. The van der Waals surface area contributed by atoms with Crippen molar-refractivity contribution >= 4 is 0 Å². The van der Waals surface area contributed by atoms with Gasteiger partial charge >= 0.3 is 0 Å². The first kappa shape index (κ1) is 12.0. The average molecular weight is 198 g/mol. The topological polar surface area (TPSA) is 15.3 Å². The molecule has 1 aliphatic rings. The van der Waals surface area contributed by atoms with Crippen LogP contribution in [0.15, 0.2) is 0 Å². The van der Waals surface area contributed by atoms with E-state index >= 15 is 0 Å². The first-order valence-electron chi connectivity index (χ1n) is 6.17. The highest BCUT2D eigenvalue weighted by atomic mass is 15.2. The minimum absolute atomic E-state index is 0.657. The zero-order chi connectivity index (χ0) is 10.6. The van der Waals surface area contributed by atoms with Crippen molar-refractivity contribution in [3.05, 3.63) is 0 Å². The molecule has 14 heavy (non-hydrogen) atoms. The summed E-state index contributed by atoms with van der Waals surface area (Å²) in [6, 6.07) is 2.13. The van der Waals surface area contributed by atoms with E-state index in [1.54, 1.807) is 0 Å². The summed E-state index contributed by atoms with van der Waals surface area (Å²) in [4.78, 5) is 2.68. The zero-order valence-electron chi connectivity index (χ0n) is 10.2. The first-order valence-corrected chi connectivity index (χ1v) is 6.17. The fourth-order valence-corrected chi connectivity index (χ4v) is 2.65. The molecule has 0 bridgehead atoms. The maximum Gasteiger partial charge on any atom is 0.0169 e. The molecule has 0 radical (unpaired) electrons. The fourth-order valence-electron chi connectivity index (χ4n) is 2.65. The fraction of sp³-hybridized carbons (Fsp3) is 1.00. The van der Waals surface area contributed by atoms with Crippen LogP contribution in [0.25, 0.3) is 0 Å². The molecule has 0 aromatic heterocycles. The molecule has 1 saturated heterocycles. The minimum atomic E-state index is 0.657. The van der Waals surface area contributed by atoms with Crippen molar-refractivity contribution in [1.82, 2.24) is 10.2 Å². The molecule has 0 aromatic rings. The van der Waals surface area contributed by atoms with Crippen LogP contribution in [0.3, 0.4) is 0 Å². The molecule has 0 saturated carbocycles. The molecule has 84 valence electrons. The molecule has 1 aliphatic heterocycles. The molecule has 2 nitrogen and oxygen atoms in total. The van der Waals surface area contributed by atoms with Gasteiger partial charge in [0.2, 0.25) is 0 Å². The van der Waals surface area contributed by atoms with Gasteiger partial charge < -0.3 is 5.32 Å². The summed E-state index contributed by atoms with van der Waals surface area (Å²) in [7, 11) is 0. The molecule has 1 heterocycles. The second kappa shape index (κ2) is 5.72. The largest absolute Gasteiger partial charge is 0.309 e. The Kier molecular flexibility index (Phi) is 4.90. The lowest BCUT2D eigenvalue weighted by atomic mass is 10.0. The highest BCUT2D eigenvalue weighted by Crippen LogP contribution is 2.15. The molecule has 3 atom stereocenters. The Morgan fingerprint density at radius 3 is 2.21 bits per heavy atom. The summed E-state index contributed by atoms with van der Waals surface area (Å²) in [5.74, 6) is 0. The van der Waals surface area contributed by atoms with E-state index in [-0.39, 0.29) is 0 Å². The van der Waals surface area contributed by atoms with E-state index < -0.39 is 0 Å². The molecule has 0 spiro atoms. The van der Waals surface area contributed by atoms with E-state index in [2.05, 4.69) is 37.9 Å². The van der Waals surface area contributed by atoms with Gasteiger partial charge in [0, 0.05) is 31.2 Å².